The van der Waals surface area contributed by atoms with Gasteiger partial charge in [0.2, 0.25) is 0 Å². The highest BCUT2D eigenvalue weighted by atomic mass is 32.2. The SMILES string of the molecule is COc1cccc(C2(C)CCCN2)c1SC. The number of methoxy groups -OCH3 is 1. The summed E-state index contributed by atoms with van der Waals surface area (Å²) in [6, 6.07) is 6.33. The predicted molar refractivity (Wildman–Crippen MR) is 69.4 cm³/mol. The first kappa shape index (κ1) is 11.8. The second kappa shape index (κ2) is 4.68. The summed E-state index contributed by atoms with van der Waals surface area (Å²) in [6.45, 7) is 3.40. The van der Waals surface area contributed by atoms with E-state index in [1.807, 2.05) is 6.07 Å². The zero-order chi connectivity index (χ0) is 11.6. The summed E-state index contributed by atoms with van der Waals surface area (Å²) >= 11 is 1.77. The average molecular weight is 237 g/mol. The molecule has 88 valence electrons. The zero-order valence-corrected chi connectivity index (χ0v) is 11.0. The van der Waals surface area contributed by atoms with Crippen molar-refractivity contribution in [2.45, 2.75) is 30.2 Å². The molecule has 0 saturated carbocycles. The van der Waals surface area contributed by atoms with Gasteiger partial charge in [0.05, 0.1) is 12.0 Å². The van der Waals surface area contributed by atoms with Crippen molar-refractivity contribution in [2.24, 2.45) is 0 Å². The largest absolute Gasteiger partial charge is 0.496 e. The molecule has 0 radical (unpaired) electrons. The second-order valence-electron chi connectivity index (χ2n) is 4.40. The number of thioether (sulfide) groups is 1. The van der Waals surface area contributed by atoms with Gasteiger partial charge >= 0.3 is 0 Å². The summed E-state index contributed by atoms with van der Waals surface area (Å²) in [6.07, 6.45) is 4.56. The van der Waals surface area contributed by atoms with Crippen LogP contribution in [0.25, 0.3) is 0 Å². The molecular weight excluding hydrogens is 218 g/mol. The van der Waals surface area contributed by atoms with Gasteiger partial charge in [-0.2, -0.15) is 0 Å². The van der Waals surface area contributed by atoms with Crippen molar-refractivity contribution in [3.8, 4) is 5.75 Å². The van der Waals surface area contributed by atoms with E-state index in [9.17, 15) is 0 Å². The molecule has 2 rings (SSSR count). The van der Waals surface area contributed by atoms with Crippen LogP contribution in [0.3, 0.4) is 0 Å². The molecule has 1 atom stereocenters. The van der Waals surface area contributed by atoms with Gasteiger partial charge in [0.15, 0.2) is 0 Å². The molecule has 1 aromatic rings. The lowest BCUT2D eigenvalue weighted by Crippen LogP contribution is -2.33. The minimum atomic E-state index is 0.118. The number of rotatable bonds is 3. The Bertz CT molecular complexity index is 372. The van der Waals surface area contributed by atoms with Crippen molar-refractivity contribution in [3.05, 3.63) is 23.8 Å². The summed E-state index contributed by atoms with van der Waals surface area (Å²) in [4.78, 5) is 1.27. The first-order valence-electron chi connectivity index (χ1n) is 5.68. The number of ether oxygens (including phenoxy) is 1. The normalized spacial score (nSPS) is 24.7. The highest BCUT2D eigenvalue weighted by Crippen LogP contribution is 2.40. The summed E-state index contributed by atoms with van der Waals surface area (Å²) in [5.41, 5.74) is 1.49. The van der Waals surface area contributed by atoms with Crippen LogP contribution in [0.15, 0.2) is 23.1 Å². The standard InChI is InChI=1S/C13H19NOS/c1-13(8-5-9-14-13)10-6-4-7-11(15-2)12(10)16-3/h4,6-7,14H,5,8-9H2,1-3H3. The molecule has 16 heavy (non-hydrogen) atoms. The van der Waals surface area contributed by atoms with E-state index < -0.39 is 0 Å². The Morgan fingerprint density at radius 2 is 2.25 bits per heavy atom. The van der Waals surface area contributed by atoms with Gasteiger partial charge in [0.25, 0.3) is 0 Å². The highest BCUT2D eigenvalue weighted by molar-refractivity contribution is 7.98. The molecule has 0 spiro atoms. The van der Waals surface area contributed by atoms with Crippen LogP contribution in [0.1, 0.15) is 25.3 Å². The second-order valence-corrected chi connectivity index (χ2v) is 5.22. The van der Waals surface area contributed by atoms with Gasteiger partial charge in [-0.25, -0.2) is 0 Å². The van der Waals surface area contributed by atoms with Crippen LogP contribution in [0.5, 0.6) is 5.75 Å². The maximum absolute atomic E-state index is 5.43. The fourth-order valence-corrected chi connectivity index (χ4v) is 3.31. The van der Waals surface area contributed by atoms with E-state index in [2.05, 4.69) is 30.6 Å². The van der Waals surface area contributed by atoms with E-state index >= 15 is 0 Å². The van der Waals surface area contributed by atoms with Gasteiger partial charge < -0.3 is 10.1 Å². The van der Waals surface area contributed by atoms with E-state index in [1.54, 1.807) is 18.9 Å². The molecule has 1 N–H and O–H groups in total. The number of hydrogen-bond acceptors (Lipinski definition) is 3. The van der Waals surface area contributed by atoms with Crippen molar-refractivity contribution >= 4 is 11.8 Å². The van der Waals surface area contributed by atoms with Crippen molar-refractivity contribution in [1.82, 2.24) is 5.32 Å². The van der Waals surface area contributed by atoms with Crippen LogP contribution < -0.4 is 10.1 Å². The molecule has 0 aromatic heterocycles. The van der Waals surface area contributed by atoms with Crippen LogP contribution in [-0.4, -0.2) is 19.9 Å². The Morgan fingerprint density at radius 1 is 1.44 bits per heavy atom. The van der Waals surface area contributed by atoms with Crippen LogP contribution in [0.4, 0.5) is 0 Å². The molecule has 1 saturated heterocycles. The molecule has 1 aliphatic rings. The topological polar surface area (TPSA) is 21.3 Å². The maximum Gasteiger partial charge on any atom is 0.132 e. The molecule has 0 amide bonds. The Kier molecular flexibility index (Phi) is 3.45. The molecule has 1 aliphatic heterocycles. The van der Waals surface area contributed by atoms with Crippen molar-refractivity contribution in [1.29, 1.82) is 0 Å². The molecule has 1 unspecified atom stereocenters. The molecule has 0 bridgehead atoms. The first-order chi connectivity index (χ1) is 7.71. The highest BCUT2D eigenvalue weighted by Gasteiger charge is 2.32. The summed E-state index contributed by atoms with van der Waals surface area (Å²) in [5.74, 6) is 0.986. The smallest absolute Gasteiger partial charge is 0.132 e. The fraction of sp³-hybridized carbons (Fsp3) is 0.538. The molecule has 0 aliphatic carbocycles. The molecule has 2 nitrogen and oxygen atoms in total. The van der Waals surface area contributed by atoms with Gasteiger partial charge in [-0.3, -0.25) is 0 Å². The Balaban J connectivity index is 2.47. The third-order valence-corrected chi connectivity index (χ3v) is 4.20. The lowest BCUT2D eigenvalue weighted by atomic mass is 9.90. The predicted octanol–water partition coefficient (Wildman–Crippen LogP) is 3.02. The minimum Gasteiger partial charge on any atom is -0.496 e. The number of nitrogens with one attached hydrogen (secondary N) is 1. The van der Waals surface area contributed by atoms with Gasteiger partial charge in [-0.05, 0) is 44.2 Å². The third kappa shape index (κ3) is 1.94. The number of hydrogen-bond donors (Lipinski definition) is 1. The molecular formula is C13H19NOS. The van der Waals surface area contributed by atoms with E-state index in [0.717, 1.165) is 12.3 Å². The lowest BCUT2D eigenvalue weighted by molar-refractivity contribution is 0.388. The Hall–Kier alpha value is -0.670. The molecule has 1 heterocycles. The van der Waals surface area contributed by atoms with Gasteiger partial charge in [-0.15, -0.1) is 11.8 Å². The van der Waals surface area contributed by atoms with E-state index in [0.29, 0.717) is 0 Å². The quantitative estimate of drug-likeness (QED) is 0.817. The first-order valence-corrected chi connectivity index (χ1v) is 6.90. The van der Waals surface area contributed by atoms with Crippen LogP contribution in [0.2, 0.25) is 0 Å². The van der Waals surface area contributed by atoms with Crippen LogP contribution >= 0.6 is 11.8 Å². The van der Waals surface area contributed by atoms with Crippen molar-refractivity contribution in [3.63, 3.8) is 0 Å². The Morgan fingerprint density at radius 3 is 2.81 bits per heavy atom. The van der Waals surface area contributed by atoms with E-state index in [4.69, 9.17) is 4.74 Å². The van der Waals surface area contributed by atoms with E-state index in [-0.39, 0.29) is 5.54 Å². The van der Waals surface area contributed by atoms with Gasteiger partial charge in [0.1, 0.15) is 5.75 Å². The van der Waals surface area contributed by atoms with Gasteiger partial charge in [0, 0.05) is 5.54 Å². The maximum atomic E-state index is 5.43. The van der Waals surface area contributed by atoms with Gasteiger partial charge in [-0.1, -0.05) is 12.1 Å². The summed E-state index contributed by atoms with van der Waals surface area (Å²) < 4.78 is 5.43. The average Bonchev–Trinajstić information content (AvgIpc) is 2.76. The summed E-state index contributed by atoms with van der Waals surface area (Å²) in [7, 11) is 1.74. The molecule has 1 aromatic carbocycles. The lowest BCUT2D eigenvalue weighted by Gasteiger charge is -2.28. The third-order valence-electron chi connectivity index (χ3n) is 3.37. The van der Waals surface area contributed by atoms with Crippen LogP contribution in [0, 0.1) is 0 Å². The Labute approximate surface area is 102 Å². The zero-order valence-electron chi connectivity index (χ0n) is 10.2. The van der Waals surface area contributed by atoms with Crippen molar-refractivity contribution in [2.75, 3.05) is 19.9 Å². The number of benzene rings is 1. The van der Waals surface area contributed by atoms with Crippen molar-refractivity contribution < 1.29 is 4.74 Å². The van der Waals surface area contributed by atoms with E-state index in [1.165, 1.54) is 23.3 Å². The summed E-state index contributed by atoms with van der Waals surface area (Å²) in [5, 5.41) is 3.61. The molecule has 1 fully saturated rings. The molecule has 3 heteroatoms. The fourth-order valence-electron chi connectivity index (χ4n) is 2.45. The minimum absolute atomic E-state index is 0.118. The monoisotopic (exact) mass is 237 g/mol. The van der Waals surface area contributed by atoms with Crippen LogP contribution in [-0.2, 0) is 5.54 Å².